The second kappa shape index (κ2) is 5.89. The number of anilines is 1. The van der Waals surface area contributed by atoms with Crippen LogP contribution in [0.4, 0.5) is 10.1 Å². The predicted molar refractivity (Wildman–Crippen MR) is 74.9 cm³/mol. The molecule has 1 aromatic carbocycles. The van der Waals surface area contributed by atoms with Crippen molar-refractivity contribution < 1.29 is 4.39 Å². The third-order valence-electron chi connectivity index (χ3n) is 3.71. The van der Waals surface area contributed by atoms with E-state index in [0.717, 1.165) is 24.3 Å². The lowest BCUT2D eigenvalue weighted by Crippen LogP contribution is -2.45. The maximum Gasteiger partial charge on any atom is 0.123 e. The van der Waals surface area contributed by atoms with Crippen LogP contribution in [0.2, 0.25) is 0 Å². The van der Waals surface area contributed by atoms with Crippen LogP contribution >= 0.6 is 11.6 Å². The van der Waals surface area contributed by atoms with Crippen molar-refractivity contribution in [2.75, 3.05) is 32.1 Å². The fourth-order valence-electron chi connectivity index (χ4n) is 2.66. The van der Waals surface area contributed by atoms with Crippen LogP contribution in [-0.4, -0.2) is 38.1 Å². The summed E-state index contributed by atoms with van der Waals surface area (Å²) in [4.78, 5) is 4.58. The summed E-state index contributed by atoms with van der Waals surface area (Å²) in [7, 11) is 4.22. The first kappa shape index (κ1) is 13.6. The lowest BCUT2D eigenvalue weighted by Gasteiger charge is -2.37. The zero-order valence-electron chi connectivity index (χ0n) is 11.0. The lowest BCUT2D eigenvalue weighted by atomic mass is 10.0. The van der Waals surface area contributed by atoms with Crippen LogP contribution in [0.5, 0.6) is 0 Å². The summed E-state index contributed by atoms with van der Waals surface area (Å²) in [5.74, 6) is 0.128. The van der Waals surface area contributed by atoms with Gasteiger partial charge in [0.05, 0.1) is 0 Å². The van der Waals surface area contributed by atoms with Crippen LogP contribution in [-0.2, 0) is 5.88 Å². The first-order valence-corrected chi connectivity index (χ1v) is 6.91. The first-order chi connectivity index (χ1) is 8.61. The van der Waals surface area contributed by atoms with Gasteiger partial charge in [-0.05, 0) is 50.2 Å². The fourth-order valence-corrected chi connectivity index (χ4v) is 2.87. The number of hydrogen-bond donors (Lipinski definition) is 0. The number of hydrogen-bond acceptors (Lipinski definition) is 2. The Kier molecular flexibility index (Phi) is 4.46. The van der Waals surface area contributed by atoms with E-state index in [2.05, 4.69) is 23.9 Å². The van der Waals surface area contributed by atoms with Crippen LogP contribution < -0.4 is 4.90 Å². The van der Waals surface area contributed by atoms with Gasteiger partial charge in [-0.1, -0.05) is 0 Å². The van der Waals surface area contributed by atoms with Crippen molar-refractivity contribution in [1.82, 2.24) is 4.90 Å². The highest BCUT2D eigenvalue weighted by Gasteiger charge is 2.22. The predicted octanol–water partition coefficient (Wildman–Crippen LogP) is 3.09. The molecule has 0 N–H and O–H groups in total. The molecule has 0 aromatic heterocycles. The highest BCUT2D eigenvalue weighted by molar-refractivity contribution is 6.17. The minimum Gasteiger partial charge on any atom is -0.370 e. The molecule has 1 aromatic rings. The molecule has 0 radical (unpaired) electrons. The third-order valence-corrected chi connectivity index (χ3v) is 4.00. The molecular weight excluding hydrogens is 251 g/mol. The van der Waals surface area contributed by atoms with E-state index in [1.807, 2.05) is 6.07 Å². The summed E-state index contributed by atoms with van der Waals surface area (Å²) in [6.07, 6.45) is 2.39. The molecule has 0 spiro atoms. The number of benzene rings is 1. The molecule has 0 bridgehead atoms. The molecule has 0 aliphatic carbocycles. The average Bonchev–Trinajstić information content (AvgIpc) is 2.37. The Bertz CT molecular complexity index is 411. The van der Waals surface area contributed by atoms with Crippen molar-refractivity contribution in [2.45, 2.75) is 24.8 Å². The molecule has 1 aliphatic heterocycles. The van der Waals surface area contributed by atoms with E-state index in [0.29, 0.717) is 11.9 Å². The highest BCUT2D eigenvalue weighted by Crippen LogP contribution is 2.26. The summed E-state index contributed by atoms with van der Waals surface area (Å²) in [6, 6.07) is 5.36. The quantitative estimate of drug-likeness (QED) is 0.779. The van der Waals surface area contributed by atoms with Gasteiger partial charge >= 0.3 is 0 Å². The first-order valence-electron chi connectivity index (χ1n) is 6.37. The maximum atomic E-state index is 13.2. The zero-order valence-corrected chi connectivity index (χ0v) is 11.8. The van der Waals surface area contributed by atoms with E-state index in [9.17, 15) is 4.39 Å². The normalized spacial score (nSPS) is 21.0. The van der Waals surface area contributed by atoms with E-state index in [1.54, 1.807) is 0 Å². The van der Waals surface area contributed by atoms with Crippen molar-refractivity contribution in [2.24, 2.45) is 0 Å². The summed E-state index contributed by atoms with van der Waals surface area (Å²) < 4.78 is 13.2. The van der Waals surface area contributed by atoms with Gasteiger partial charge in [-0.15, -0.1) is 11.6 Å². The monoisotopic (exact) mass is 270 g/mol. The van der Waals surface area contributed by atoms with E-state index >= 15 is 0 Å². The van der Waals surface area contributed by atoms with Gasteiger partial charge in [0.2, 0.25) is 0 Å². The van der Waals surface area contributed by atoms with Gasteiger partial charge in [0.15, 0.2) is 0 Å². The van der Waals surface area contributed by atoms with Crippen LogP contribution in [0.15, 0.2) is 18.2 Å². The van der Waals surface area contributed by atoms with Crippen LogP contribution in [0.1, 0.15) is 18.4 Å². The number of halogens is 2. The van der Waals surface area contributed by atoms with Crippen molar-refractivity contribution in [1.29, 1.82) is 0 Å². The number of alkyl halides is 1. The second-order valence-electron chi connectivity index (χ2n) is 5.08. The van der Waals surface area contributed by atoms with Crippen molar-refractivity contribution in [3.63, 3.8) is 0 Å². The molecule has 2 rings (SSSR count). The molecular formula is C14H20ClFN2. The van der Waals surface area contributed by atoms with Gasteiger partial charge in [-0.3, -0.25) is 0 Å². The maximum absolute atomic E-state index is 13.2. The highest BCUT2D eigenvalue weighted by atomic mass is 35.5. The van der Waals surface area contributed by atoms with E-state index in [-0.39, 0.29) is 5.82 Å². The Hall–Kier alpha value is -0.800. The van der Waals surface area contributed by atoms with Gasteiger partial charge in [0.1, 0.15) is 5.82 Å². The number of piperidine rings is 1. The number of likely N-dealkylation sites (tertiary alicyclic amines) is 1. The summed E-state index contributed by atoms with van der Waals surface area (Å²) in [6.45, 7) is 2.21. The molecule has 1 atom stereocenters. The lowest BCUT2D eigenvalue weighted by molar-refractivity contribution is 0.248. The Morgan fingerprint density at radius 2 is 2.28 bits per heavy atom. The van der Waals surface area contributed by atoms with Crippen LogP contribution in [0, 0.1) is 5.82 Å². The van der Waals surface area contributed by atoms with Gasteiger partial charge in [0, 0.05) is 31.2 Å². The molecule has 1 heterocycles. The molecule has 2 nitrogen and oxygen atoms in total. The standard InChI is InChI=1S/C14H20ClFN2/c1-17-7-3-4-13(10-17)18(2)14-6-5-12(16)8-11(14)9-15/h5-6,8,13H,3-4,7,9-10H2,1-2H3. The molecule has 1 fully saturated rings. The van der Waals surface area contributed by atoms with Crippen LogP contribution in [0.3, 0.4) is 0 Å². The van der Waals surface area contributed by atoms with Crippen molar-refractivity contribution >= 4 is 17.3 Å². The van der Waals surface area contributed by atoms with E-state index in [1.165, 1.54) is 25.0 Å². The Morgan fingerprint density at radius 1 is 1.50 bits per heavy atom. The molecule has 100 valence electrons. The average molecular weight is 271 g/mol. The molecule has 18 heavy (non-hydrogen) atoms. The summed E-state index contributed by atoms with van der Waals surface area (Å²) >= 11 is 5.91. The van der Waals surface area contributed by atoms with Gasteiger partial charge < -0.3 is 9.80 Å². The third kappa shape index (κ3) is 2.96. The van der Waals surface area contributed by atoms with Gasteiger partial charge in [-0.25, -0.2) is 4.39 Å². The Balaban J connectivity index is 2.19. The Morgan fingerprint density at radius 3 is 2.94 bits per heavy atom. The number of nitrogens with zero attached hydrogens (tertiary/aromatic N) is 2. The minimum absolute atomic E-state index is 0.219. The summed E-state index contributed by atoms with van der Waals surface area (Å²) in [5.41, 5.74) is 1.92. The molecule has 4 heteroatoms. The number of likely N-dealkylation sites (N-methyl/N-ethyl adjacent to an activating group) is 2. The fraction of sp³-hybridized carbons (Fsp3) is 0.571. The molecule has 0 amide bonds. The second-order valence-corrected chi connectivity index (χ2v) is 5.34. The SMILES string of the molecule is CN1CCCC(N(C)c2ccc(F)cc2CCl)C1. The molecule has 1 saturated heterocycles. The molecule has 1 aliphatic rings. The van der Waals surface area contributed by atoms with Gasteiger partial charge in [-0.2, -0.15) is 0 Å². The van der Waals surface area contributed by atoms with Crippen molar-refractivity contribution in [3.05, 3.63) is 29.6 Å². The molecule has 0 saturated carbocycles. The topological polar surface area (TPSA) is 6.48 Å². The van der Waals surface area contributed by atoms with E-state index < -0.39 is 0 Å². The summed E-state index contributed by atoms with van der Waals surface area (Å²) in [5, 5.41) is 0. The smallest absolute Gasteiger partial charge is 0.123 e. The minimum atomic E-state index is -0.219. The number of rotatable bonds is 3. The van der Waals surface area contributed by atoms with Crippen molar-refractivity contribution in [3.8, 4) is 0 Å². The molecule has 1 unspecified atom stereocenters. The largest absolute Gasteiger partial charge is 0.370 e. The Labute approximate surface area is 113 Å². The zero-order chi connectivity index (χ0) is 13.1. The van der Waals surface area contributed by atoms with E-state index in [4.69, 9.17) is 11.6 Å². The van der Waals surface area contributed by atoms with Gasteiger partial charge in [0.25, 0.3) is 0 Å². The van der Waals surface area contributed by atoms with Crippen LogP contribution in [0.25, 0.3) is 0 Å².